The van der Waals surface area contributed by atoms with Gasteiger partial charge in [0.05, 0.1) is 0 Å². The van der Waals surface area contributed by atoms with E-state index in [4.69, 9.17) is 0 Å². The highest BCUT2D eigenvalue weighted by molar-refractivity contribution is 9.10. The summed E-state index contributed by atoms with van der Waals surface area (Å²) in [7, 11) is 0. The smallest absolute Gasteiger partial charge is 0.222 e. The molecule has 1 saturated heterocycles. The molecule has 0 atom stereocenters. The largest absolute Gasteiger partial charge is 0.340 e. The molecule has 0 spiro atoms. The molecular weight excluding hydrogens is 408 g/mol. The quantitative estimate of drug-likeness (QED) is 0.473. The second-order valence-corrected chi connectivity index (χ2v) is 8.06. The summed E-state index contributed by atoms with van der Waals surface area (Å²) in [5, 5.41) is 3.38. The van der Waals surface area contributed by atoms with Crippen molar-refractivity contribution in [2.45, 2.75) is 50.0 Å². The Balaban J connectivity index is 0.00000288. The van der Waals surface area contributed by atoms with Crippen molar-refractivity contribution in [3.8, 4) is 0 Å². The van der Waals surface area contributed by atoms with Gasteiger partial charge in [-0.3, -0.25) is 4.79 Å². The van der Waals surface area contributed by atoms with Crippen LogP contribution in [0, 0.1) is 0 Å². The number of piperidine rings is 1. The number of benzene rings is 1. The Morgan fingerprint density at radius 1 is 1.29 bits per heavy atom. The Morgan fingerprint density at radius 3 is 2.58 bits per heavy atom. The van der Waals surface area contributed by atoms with Crippen molar-refractivity contribution in [3.05, 3.63) is 28.7 Å². The molecule has 0 aliphatic carbocycles. The normalized spacial score (nSPS) is 14.9. The fraction of sp³-hybridized carbons (Fsp3) is 0.611. The van der Waals surface area contributed by atoms with Crippen molar-refractivity contribution in [3.63, 3.8) is 0 Å². The molecule has 0 radical (unpaired) electrons. The average molecular weight is 436 g/mol. The Kier molecular flexibility index (Phi) is 11.1. The minimum atomic E-state index is 0. The molecule has 0 unspecified atom stereocenters. The zero-order valence-electron chi connectivity index (χ0n) is 14.3. The molecule has 1 fully saturated rings. The van der Waals surface area contributed by atoms with Crippen LogP contribution in [0.3, 0.4) is 0 Å². The number of amides is 1. The summed E-state index contributed by atoms with van der Waals surface area (Å²) in [5.74, 6) is 1.34. The van der Waals surface area contributed by atoms with Crippen molar-refractivity contribution in [1.82, 2.24) is 10.2 Å². The van der Waals surface area contributed by atoms with E-state index in [1.807, 2.05) is 11.8 Å². The number of rotatable bonds is 8. The van der Waals surface area contributed by atoms with E-state index >= 15 is 0 Å². The molecular formula is C18H28BrClN2OS. The lowest BCUT2D eigenvalue weighted by Crippen LogP contribution is -2.46. The third-order valence-corrected chi connectivity index (χ3v) is 5.78. The Hall–Kier alpha value is -0.230. The van der Waals surface area contributed by atoms with Crippen molar-refractivity contribution in [2.75, 3.05) is 25.4 Å². The number of carbonyl (C=O) groups is 1. The van der Waals surface area contributed by atoms with Gasteiger partial charge in [-0.05, 0) is 68.8 Å². The summed E-state index contributed by atoms with van der Waals surface area (Å²) >= 11 is 5.28. The zero-order valence-corrected chi connectivity index (χ0v) is 17.5. The number of hydrogen-bond donors (Lipinski definition) is 1. The first-order valence-electron chi connectivity index (χ1n) is 8.59. The fourth-order valence-electron chi connectivity index (χ4n) is 2.96. The lowest BCUT2D eigenvalue weighted by atomic mass is 10.0. The summed E-state index contributed by atoms with van der Waals surface area (Å²) < 4.78 is 1.11. The summed E-state index contributed by atoms with van der Waals surface area (Å²) in [6.07, 6.45) is 4.86. The second kappa shape index (κ2) is 12.2. The Labute approximate surface area is 164 Å². The molecule has 136 valence electrons. The monoisotopic (exact) mass is 434 g/mol. The number of nitrogens with one attached hydrogen (secondary N) is 1. The van der Waals surface area contributed by atoms with Gasteiger partial charge in [-0.1, -0.05) is 22.9 Å². The lowest BCUT2D eigenvalue weighted by molar-refractivity contribution is -0.134. The van der Waals surface area contributed by atoms with Crippen LogP contribution >= 0.6 is 40.1 Å². The van der Waals surface area contributed by atoms with E-state index in [1.165, 1.54) is 4.90 Å². The van der Waals surface area contributed by atoms with Crippen LogP contribution < -0.4 is 5.32 Å². The maximum absolute atomic E-state index is 12.6. The molecule has 1 N–H and O–H groups in total. The zero-order chi connectivity index (χ0) is 16.5. The van der Waals surface area contributed by atoms with Gasteiger partial charge in [0, 0.05) is 28.4 Å². The van der Waals surface area contributed by atoms with Gasteiger partial charge >= 0.3 is 0 Å². The van der Waals surface area contributed by atoms with E-state index in [1.54, 1.807) is 0 Å². The minimum absolute atomic E-state index is 0. The highest BCUT2D eigenvalue weighted by Gasteiger charge is 2.23. The van der Waals surface area contributed by atoms with Crippen molar-refractivity contribution in [2.24, 2.45) is 0 Å². The van der Waals surface area contributed by atoms with Crippen LogP contribution in [0.4, 0.5) is 0 Å². The number of hydrogen-bond acceptors (Lipinski definition) is 3. The van der Waals surface area contributed by atoms with Gasteiger partial charge in [0.2, 0.25) is 5.91 Å². The van der Waals surface area contributed by atoms with Crippen LogP contribution in [0.25, 0.3) is 0 Å². The molecule has 1 aliphatic rings. The number of nitrogens with zero attached hydrogens (tertiary/aromatic N) is 1. The van der Waals surface area contributed by atoms with E-state index in [2.05, 4.69) is 57.3 Å². The van der Waals surface area contributed by atoms with Crippen LogP contribution in [-0.2, 0) is 4.79 Å². The minimum Gasteiger partial charge on any atom is -0.340 e. The van der Waals surface area contributed by atoms with E-state index < -0.39 is 0 Å². The van der Waals surface area contributed by atoms with E-state index in [0.717, 1.165) is 55.5 Å². The van der Waals surface area contributed by atoms with Gasteiger partial charge in [-0.25, -0.2) is 0 Å². The third kappa shape index (κ3) is 7.34. The highest BCUT2D eigenvalue weighted by atomic mass is 79.9. The first kappa shape index (κ1) is 21.8. The van der Waals surface area contributed by atoms with Gasteiger partial charge < -0.3 is 10.2 Å². The molecule has 1 heterocycles. The van der Waals surface area contributed by atoms with E-state index in [9.17, 15) is 4.79 Å². The molecule has 2 rings (SSSR count). The first-order valence-corrected chi connectivity index (χ1v) is 10.4. The number of thioether (sulfide) groups is 1. The lowest BCUT2D eigenvalue weighted by Gasteiger charge is -2.34. The molecule has 0 saturated carbocycles. The SMILES string of the molecule is CCCN(C(=O)CCCSc1ccc(Br)cc1)C1CCNCC1.Cl. The summed E-state index contributed by atoms with van der Waals surface area (Å²) in [4.78, 5) is 16.0. The van der Waals surface area contributed by atoms with Crippen molar-refractivity contribution < 1.29 is 4.79 Å². The molecule has 0 bridgehead atoms. The number of carbonyl (C=O) groups excluding carboxylic acids is 1. The summed E-state index contributed by atoms with van der Waals surface area (Å²) in [5.41, 5.74) is 0. The van der Waals surface area contributed by atoms with E-state index in [0.29, 0.717) is 18.4 Å². The fourth-order valence-corrected chi connectivity index (χ4v) is 4.08. The topological polar surface area (TPSA) is 32.3 Å². The standard InChI is InChI=1S/C18H27BrN2OS.ClH/c1-2-13-21(16-9-11-20-12-10-16)18(22)4-3-14-23-17-7-5-15(19)6-8-17;/h5-8,16,20H,2-4,9-14H2,1H3;1H. The van der Waals surface area contributed by atoms with Gasteiger partial charge in [-0.2, -0.15) is 0 Å². The van der Waals surface area contributed by atoms with Crippen LogP contribution in [0.15, 0.2) is 33.6 Å². The van der Waals surface area contributed by atoms with Crippen LogP contribution in [0.1, 0.15) is 39.0 Å². The molecule has 6 heteroatoms. The molecule has 1 aliphatic heterocycles. The predicted octanol–water partition coefficient (Wildman–Crippen LogP) is 4.73. The summed E-state index contributed by atoms with van der Waals surface area (Å²) in [6.45, 7) is 5.14. The van der Waals surface area contributed by atoms with Crippen LogP contribution in [-0.4, -0.2) is 42.2 Å². The van der Waals surface area contributed by atoms with Gasteiger partial charge in [0.1, 0.15) is 0 Å². The van der Waals surface area contributed by atoms with Crippen molar-refractivity contribution >= 4 is 46.0 Å². The molecule has 1 aromatic carbocycles. The number of halogens is 2. The Morgan fingerprint density at radius 2 is 1.96 bits per heavy atom. The third-order valence-electron chi connectivity index (χ3n) is 4.15. The molecule has 0 aromatic heterocycles. The molecule has 24 heavy (non-hydrogen) atoms. The highest BCUT2D eigenvalue weighted by Crippen LogP contribution is 2.22. The molecule has 1 amide bonds. The van der Waals surface area contributed by atoms with Crippen LogP contribution in [0.2, 0.25) is 0 Å². The average Bonchev–Trinajstić information content (AvgIpc) is 2.58. The van der Waals surface area contributed by atoms with Crippen molar-refractivity contribution in [1.29, 1.82) is 0 Å². The predicted molar refractivity (Wildman–Crippen MR) is 109 cm³/mol. The second-order valence-electron chi connectivity index (χ2n) is 5.97. The van der Waals surface area contributed by atoms with Gasteiger partial charge in [-0.15, -0.1) is 24.2 Å². The molecule has 3 nitrogen and oxygen atoms in total. The summed E-state index contributed by atoms with van der Waals surface area (Å²) in [6, 6.07) is 8.81. The molecule has 1 aromatic rings. The van der Waals surface area contributed by atoms with Crippen LogP contribution in [0.5, 0.6) is 0 Å². The maximum Gasteiger partial charge on any atom is 0.222 e. The van der Waals surface area contributed by atoms with E-state index in [-0.39, 0.29) is 12.4 Å². The van der Waals surface area contributed by atoms with Gasteiger partial charge in [0.25, 0.3) is 0 Å². The Bertz CT molecular complexity index is 480. The van der Waals surface area contributed by atoms with Gasteiger partial charge in [0.15, 0.2) is 0 Å². The first-order chi connectivity index (χ1) is 11.2. The maximum atomic E-state index is 12.6.